The van der Waals surface area contributed by atoms with E-state index in [0.717, 1.165) is 78.7 Å². The Morgan fingerprint density at radius 2 is 2.07 bits per heavy atom. The van der Waals surface area contributed by atoms with E-state index in [2.05, 4.69) is 25.1 Å². The first-order valence-electron chi connectivity index (χ1n) is 9.62. The van der Waals surface area contributed by atoms with Crippen LogP contribution in [0.15, 0.2) is 33.8 Å². The molecule has 0 saturated carbocycles. The van der Waals surface area contributed by atoms with Gasteiger partial charge in [-0.1, -0.05) is 0 Å². The molecule has 2 aliphatic rings. The molecule has 0 bridgehead atoms. The van der Waals surface area contributed by atoms with Crippen LogP contribution >= 0.6 is 11.8 Å². The summed E-state index contributed by atoms with van der Waals surface area (Å²) in [6, 6.07) is 3.68. The second-order valence-electron chi connectivity index (χ2n) is 7.18. The van der Waals surface area contributed by atoms with Crippen molar-refractivity contribution in [3.63, 3.8) is 0 Å². The van der Waals surface area contributed by atoms with Gasteiger partial charge in [-0.15, -0.1) is 5.10 Å². The molecule has 5 heterocycles. The third kappa shape index (κ3) is 3.40. The van der Waals surface area contributed by atoms with Gasteiger partial charge in [-0.05, 0) is 17.4 Å². The summed E-state index contributed by atoms with van der Waals surface area (Å²) < 4.78 is 7.22. The molecule has 0 unspecified atom stereocenters. The fourth-order valence-electron chi connectivity index (χ4n) is 3.83. The van der Waals surface area contributed by atoms with Gasteiger partial charge in [0.05, 0.1) is 24.7 Å². The number of furan rings is 1. The first kappa shape index (κ1) is 17.7. The molecule has 0 aromatic carbocycles. The van der Waals surface area contributed by atoms with Crippen LogP contribution in [0.4, 0.5) is 5.82 Å². The summed E-state index contributed by atoms with van der Waals surface area (Å²) in [5.74, 6) is 2.81. The molecule has 0 N–H and O–H groups in total. The number of anilines is 1. The normalized spacial score (nSPS) is 17.8. The van der Waals surface area contributed by atoms with Gasteiger partial charge in [0.2, 0.25) is 0 Å². The predicted octanol–water partition coefficient (Wildman–Crippen LogP) is 1.39. The summed E-state index contributed by atoms with van der Waals surface area (Å²) in [7, 11) is 0. The predicted molar refractivity (Wildman–Crippen MR) is 109 cm³/mol. The van der Waals surface area contributed by atoms with Gasteiger partial charge in [-0.25, -0.2) is 4.68 Å². The summed E-state index contributed by atoms with van der Waals surface area (Å²) in [4.78, 5) is 16.9. The first-order chi connectivity index (χ1) is 13.8. The molecule has 2 aliphatic heterocycles. The van der Waals surface area contributed by atoms with Gasteiger partial charge >= 0.3 is 0 Å². The van der Waals surface area contributed by atoms with Crippen LogP contribution < -0.4 is 10.5 Å². The van der Waals surface area contributed by atoms with Crippen LogP contribution in [0.5, 0.6) is 0 Å². The minimum absolute atomic E-state index is 0.0136. The Hall–Kier alpha value is -2.39. The maximum absolute atomic E-state index is 12.3. The molecule has 0 atom stereocenters. The fraction of sp³-hybridized carbons (Fsp3) is 0.474. The average Bonchev–Trinajstić information content (AvgIpc) is 3.22. The summed E-state index contributed by atoms with van der Waals surface area (Å²) in [5, 5.41) is 14.0. The van der Waals surface area contributed by atoms with E-state index >= 15 is 0 Å². The maximum Gasteiger partial charge on any atom is 0.267 e. The van der Waals surface area contributed by atoms with Gasteiger partial charge in [0.15, 0.2) is 11.4 Å². The molecule has 0 aliphatic carbocycles. The minimum atomic E-state index is 0.0136. The minimum Gasteiger partial charge on any atom is -0.460 e. The van der Waals surface area contributed by atoms with E-state index in [4.69, 9.17) is 4.42 Å². The van der Waals surface area contributed by atoms with E-state index in [1.165, 1.54) is 0 Å². The number of thioether (sulfide) groups is 1. The molecule has 1 saturated heterocycles. The molecule has 0 spiro atoms. The Kier molecular flexibility index (Phi) is 4.77. The lowest BCUT2D eigenvalue weighted by molar-refractivity contribution is 0.241. The van der Waals surface area contributed by atoms with Gasteiger partial charge < -0.3 is 9.32 Å². The summed E-state index contributed by atoms with van der Waals surface area (Å²) in [5.41, 5.74) is 3.01. The van der Waals surface area contributed by atoms with Crippen LogP contribution in [0.2, 0.25) is 0 Å². The molecule has 1 fully saturated rings. The van der Waals surface area contributed by atoms with E-state index in [-0.39, 0.29) is 5.56 Å². The number of hydrogen-bond donors (Lipinski definition) is 0. The zero-order valence-corrected chi connectivity index (χ0v) is 16.4. The van der Waals surface area contributed by atoms with E-state index in [0.29, 0.717) is 6.54 Å². The van der Waals surface area contributed by atoms with Crippen molar-refractivity contribution >= 4 is 28.5 Å². The van der Waals surface area contributed by atoms with Crippen molar-refractivity contribution in [3.05, 3.63) is 46.2 Å². The maximum atomic E-state index is 12.3. The second kappa shape index (κ2) is 7.56. The van der Waals surface area contributed by atoms with Crippen molar-refractivity contribution in [2.45, 2.75) is 18.7 Å². The van der Waals surface area contributed by atoms with Gasteiger partial charge in [0, 0.05) is 56.4 Å². The van der Waals surface area contributed by atoms with E-state index in [1.54, 1.807) is 23.2 Å². The lowest BCUT2D eigenvalue weighted by Gasteiger charge is -2.35. The molecule has 8 nitrogen and oxygen atoms in total. The third-order valence-electron chi connectivity index (χ3n) is 5.45. The van der Waals surface area contributed by atoms with E-state index < -0.39 is 0 Å². The van der Waals surface area contributed by atoms with Gasteiger partial charge in [-0.2, -0.15) is 22.0 Å². The Labute approximate surface area is 166 Å². The van der Waals surface area contributed by atoms with Crippen LogP contribution in [-0.2, 0) is 18.7 Å². The SMILES string of the molecule is O=c1cc2c(nn1CCN1CCN(c3nncc4ccoc34)CC1)CCSC2. The van der Waals surface area contributed by atoms with E-state index in [1.807, 2.05) is 17.8 Å². The molecule has 146 valence electrons. The Balaban J connectivity index is 1.21. The smallest absolute Gasteiger partial charge is 0.267 e. The van der Waals surface area contributed by atoms with Gasteiger partial charge in [-0.3, -0.25) is 9.69 Å². The average molecular weight is 398 g/mol. The van der Waals surface area contributed by atoms with Gasteiger partial charge in [0.25, 0.3) is 5.56 Å². The zero-order chi connectivity index (χ0) is 18.9. The standard InChI is InChI=1S/C19H22N6O2S/c26-17-11-15-13-28-10-2-16(15)22-25(17)8-5-23-3-6-24(7-4-23)19-18-14(1-9-27-18)12-20-21-19/h1,9,11-12H,2-8,10,13H2. The highest BCUT2D eigenvalue weighted by Gasteiger charge is 2.21. The van der Waals surface area contributed by atoms with Crippen LogP contribution in [0.3, 0.4) is 0 Å². The van der Waals surface area contributed by atoms with Crippen molar-refractivity contribution in [1.29, 1.82) is 0 Å². The second-order valence-corrected chi connectivity index (χ2v) is 8.29. The molecule has 0 radical (unpaired) electrons. The number of rotatable bonds is 4. The topological polar surface area (TPSA) is 80.3 Å². The number of fused-ring (bicyclic) bond motifs is 2. The van der Waals surface area contributed by atoms with Crippen molar-refractivity contribution in [2.75, 3.05) is 43.4 Å². The van der Waals surface area contributed by atoms with Crippen molar-refractivity contribution in [1.82, 2.24) is 24.9 Å². The molecular weight excluding hydrogens is 376 g/mol. The molecule has 28 heavy (non-hydrogen) atoms. The molecule has 3 aromatic rings. The molecule has 3 aromatic heterocycles. The highest BCUT2D eigenvalue weighted by Crippen LogP contribution is 2.25. The molecule has 5 rings (SSSR count). The fourth-order valence-corrected chi connectivity index (χ4v) is 4.78. The highest BCUT2D eigenvalue weighted by atomic mass is 32.2. The Bertz CT molecular complexity index is 1040. The number of hydrogen-bond acceptors (Lipinski definition) is 8. The lowest BCUT2D eigenvalue weighted by atomic mass is 10.2. The van der Waals surface area contributed by atoms with Crippen LogP contribution in [0.25, 0.3) is 11.0 Å². The lowest BCUT2D eigenvalue weighted by Crippen LogP contribution is -2.48. The number of piperazine rings is 1. The monoisotopic (exact) mass is 398 g/mol. The van der Waals surface area contributed by atoms with Crippen molar-refractivity contribution in [2.24, 2.45) is 0 Å². The molecule has 9 heteroatoms. The highest BCUT2D eigenvalue weighted by molar-refractivity contribution is 7.98. The Morgan fingerprint density at radius 3 is 2.96 bits per heavy atom. The summed E-state index contributed by atoms with van der Waals surface area (Å²) in [6.07, 6.45) is 4.36. The quantitative estimate of drug-likeness (QED) is 0.652. The van der Waals surface area contributed by atoms with Crippen LogP contribution in [0, 0.1) is 0 Å². The number of aryl methyl sites for hydroxylation is 1. The first-order valence-corrected chi connectivity index (χ1v) is 10.8. The third-order valence-corrected chi connectivity index (χ3v) is 6.46. The zero-order valence-electron chi connectivity index (χ0n) is 15.6. The van der Waals surface area contributed by atoms with Crippen LogP contribution in [-0.4, -0.2) is 63.4 Å². The van der Waals surface area contributed by atoms with E-state index in [9.17, 15) is 4.79 Å². The summed E-state index contributed by atoms with van der Waals surface area (Å²) in [6.45, 7) is 5.00. The number of nitrogens with zero attached hydrogens (tertiary/aromatic N) is 6. The Morgan fingerprint density at radius 1 is 1.18 bits per heavy atom. The summed E-state index contributed by atoms with van der Waals surface area (Å²) >= 11 is 1.87. The van der Waals surface area contributed by atoms with Gasteiger partial charge in [0.1, 0.15) is 0 Å². The van der Waals surface area contributed by atoms with Crippen molar-refractivity contribution < 1.29 is 4.42 Å². The molecule has 0 amide bonds. The largest absolute Gasteiger partial charge is 0.460 e. The van der Waals surface area contributed by atoms with Crippen LogP contribution in [0.1, 0.15) is 11.3 Å². The van der Waals surface area contributed by atoms with Crippen molar-refractivity contribution in [3.8, 4) is 0 Å². The number of aromatic nitrogens is 4. The molecular formula is C19H22N6O2S.